The molecular weight excluding hydrogens is 258 g/mol. The zero-order chi connectivity index (χ0) is 14.6. The molecule has 0 spiro atoms. The van der Waals surface area contributed by atoms with Crippen LogP contribution in [0.5, 0.6) is 0 Å². The molecule has 4 nitrogen and oxygen atoms in total. The van der Waals surface area contributed by atoms with E-state index in [0.717, 1.165) is 13.0 Å². The van der Waals surface area contributed by atoms with Gasteiger partial charge in [-0.3, -0.25) is 0 Å². The van der Waals surface area contributed by atoms with E-state index in [1.54, 1.807) is 21.3 Å². The van der Waals surface area contributed by atoms with Gasteiger partial charge in [0.25, 0.3) is 0 Å². The van der Waals surface area contributed by atoms with Gasteiger partial charge in [-0.05, 0) is 19.4 Å². The molecule has 5 heteroatoms. The van der Waals surface area contributed by atoms with Crippen LogP contribution in [0.2, 0.25) is 5.54 Å². The summed E-state index contributed by atoms with van der Waals surface area (Å²) in [5, 5.41) is 0. The molecule has 0 saturated carbocycles. The Kier molecular flexibility index (Phi) is 11.9. The Balaban J connectivity index is 3.64. The highest BCUT2D eigenvalue weighted by Gasteiger charge is 2.43. The van der Waals surface area contributed by atoms with E-state index in [0.29, 0.717) is 5.54 Å². The molecule has 19 heavy (non-hydrogen) atoms. The van der Waals surface area contributed by atoms with Crippen molar-refractivity contribution in [2.75, 3.05) is 27.9 Å². The van der Waals surface area contributed by atoms with Crippen molar-refractivity contribution in [3.63, 3.8) is 0 Å². The molecule has 2 N–H and O–H groups in total. The summed E-state index contributed by atoms with van der Waals surface area (Å²) in [4.78, 5) is 0. The van der Waals surface area contributed by atoms with Crippen LogP contribution in [0.25, 0.3) is 0 Å². The second kappa shape index (κ2) is 11.8. The van der Waals surface area contributed by atoms with Gasteiger partial charge in [0.15, 0.2) is 0 Å². The predicted octanol–water partition coefficient (Wildman–Crippen LogP) is 3.33. The maximum Gasteiger partial charge on any atom is 0.503 e. The van der Waals surface area contributed by atoms with E-state index in [1.165, 1.54) is 44.9 Å². The first-order valence-corrected chi connectivity index (χ1v) is 9.32. The Morgan fingerprint density at radius 3 is 1.63 bits per heavy atom. The van der Waals surface area contributed by atoms with Crippen LogP contribution in [-0.4, -0.2) is 36.7 Å². The summed E-state index contributed by atoms with van der Waals surface area (Å²) < 4.78 is 16.5. The van der Waals surface area contributed by atoms with Gasteiger partial charge in [0, 0.05) is 26.9 Å². The SMILES string of the molecule is CO[Si](OC)(OC)C(C)CCCCCCCCCN. The lowest BCUT2D eigenvalue weighted by atomic mass is 10.1. The van der Waals surface area contributed by atoms with E-state index in [9.17, 15) is 0 Å². The number of rotatable bonds is 13. The van der Waals surface area contributed by atoms with Crippen LogP contribution >= 0.6 is 0 Å². The highest BCUT2D eigenvalue weighted by Crippen LogP contribution is 2.29. The normalized spacial score (nSPS) is 13.7. The first-order chi connectivity index (χ1) is 9.16. The summed E-state index contributed by atoms with van der Waals surface area (Å²) in [6.45, 7) is 3.00. The maximum absolute atomic E-state index is 5.50. The molecule has 0 aliphatic carbocycles. The fourth-order valence-corrected chi connectivity index (χ4v) is 4.77. The molecule has 0 rings (SSSR count). The van der Waals surface area contributed by atoms with E-state index in [-0.39, 0.29) is 0 Å². The third-order valence-corrected chi connectivity index (χ3v) is 7.00. The van der Waals surface area contributed by atoms with Gasteiger partial charge < -0.3 is 19.0 Å². The largest absolute Gasteiger partial charge is 0.503 e. The van der Waals surface area contributed by atoms with Gasteiger partial charge >= 0.3 is 8.80 Å². The number of unbranched alkanes of at least 4 members (excludes halogenated alkanes) is 6. The number of nitrogens with two attached hydrogens (primary N) is 1. The van der Waals surface area contributed by atoms with Crippen LogP contribution in [-0.2, 0) is 13.3 Å². The summed E-state index contributed by atoms with van der Waals surface area (Å²) in [6, 6.07) is 0. The van der Waals surface area contributed by atoms with E-state index < -0.39 is 8.80 Å². The molecule has 0 bridgehead atoms. The summed E-state index contributed by atoms with van der Waals surface area (Å²) in [6.07, 6.45) is 10.0. The monoisotopic (exact) mass is 291 g/mol. The molecule has 0 aromatic heterocycles. The van der Waals surface area contributed by atoms with E-state index in [1.807, 2.05) is 0 Å². The topological polar surface area (TPSA) is 53.7 Å². The zero-order valence-corrected chi connectivity index (χ0v) is 14.2. The van der Waals surface area contributed by atoms with Crippen molar-refractivity contribution < 1.29 is 13.3 Å². The van der Waals surface area contributed by atoms with Gasteiger partial charge in [-0.1, -0.05) is 45.4 Å². The van der Waals surface area contributed by atoms with Crippen LogP contribution in [0.4, 0.5) is 0 Å². The molecule has 1 atom stereocenters. The van der Waals surface area contributed by atoms with Crippen LogP contribution in [0.15, 0.2) is 0 Å². The Labute approximate surface area is 120 Å². The highest BCUT2D eigenvalue weighted by molar-refractivity contribution is 6.62. The Morgan fingerprint density at radius 1 is 0.789 bits per heavy atom. The minimum Gasteiger partial charge on any atom is -0.377 e. The maximum atomic E-state index is 5.50. The highest BCUT2D eigenvalue weighted by atomic mass is 28.4. The third kappa shape index (κ3) is 7.42. The van der Waals surface area contributed by atoms with Crippen LogP contribution < -0.4 is 5.73 Å². The van der Waals surface area contributed by atoms with Crippen molar-refractivity contribution in [2.24, 2.45) is 5.73 Å². The minimum atomic E-state index is -2.42. The molecule has 0 aromatic carbocycles. The molecule has 0 saturated heterocycles. The van der Waals surface area contributed by atoms with Crippen molar-refractivity contribution in [2.45, 2.75) is 63.8 Å². The lowest BCUT2D eigenvalue weighted by Crippen LogP contribution is -2.46. The van der Waals surface area contributed by atoms with Crippen molar-refractivity contribution in [3.8, 4) is 0 Å². The average Bonchev–Trinajstić information content (AvgIpc) is 2.44. The van der Waals surface area contributed by atoms with Crippen LogP contribution in [0.1, 0.15) is 58.3 Å². The van der Waals surface area contributed by atoms with Crippen LogP contribution in [0.3, 0.4) is 0 Å². The van der Waals surface area contributed by atoms with E-state index in [4.69, 9.17) is 19.0 Å². The lowest BCUT2D eigenvalue weighted by molar-refractivity contribution is 0.111. The second-order valence-corrected chi connectivity index (χ2v) is 8.59. The molecule has 0 fully saturated rings. The Bertz CT molecular complexity index is 193. The van der Waals surface area contributed by atoms with E-state index >= 15 is 0 Å². The van der Waals surface area contributed by atoms with Gasteiger partial charge in [-0.15, -0.1) is 0 Å². The van der Waals surface area contributed by atoms with Crippen molar-refractivity contribution in [1.29, 1.82) is 0 Å². The van der Waals surface area contributed by atoms with Crippen LogP contribution in [0, 0.1) is 0 Å². The summed E-state index contributed by atoms with van der Waals surface area (Å²) in [5.74, 6) is 0. The summed E-state index contributed by atoms with van der Waals surface area (Å²) in [5.41, 5.74) is 5.84. The zero-order valence-electron chi connectivity index (χ0n) is 13.2. The molecule has 0 radical (unpaired) electrons. The van der Waals surface area contributed by atoms with Gasteiger partial charge in [0.2, 0.25) is 0 Å². The van der Waals surface area contributed by atoms with Gasteiger partial charge in [0.05, 0.1) is 0 Å². The molecular formula is C14H33NO3Si. The Hall–Kier alpha value is 0.0569. The molecule has 1 unspecified atom stereocenters. The average molecular weight is 292 g/mol. The summed E-state index contributed by atoms with van der Waals surface area (Å²) >= 11 is 0. The van der Waals surface area contributed by atoms with Gasteiger partial charge in [-0.2, -0.15) is 0 Å². The second-order valence-electron chi connectivity index (χ2n) is 5.17. The minimum absolute atomic E-state index is 0.366. The number of hydrogen-bond donors (Lipinski definition) is 1. The first-order valence-electron chi connectivity index (χ1n) is 7.52. The van der Waals surface area contributed by atoms with E-state index in [2.05, 4.69) is 6.92 Å². The molecule has 0 heterocycles. The smallest absolute Gasteiger partial charge is 0.377 e. The van der Waals surface area contributed by atoms with Gasteiger partial charge in [-0.25, -0.2) is 0 Å². The first kappa shape index (κ1) is 19.1. The summed E-state index contributed by atoms with van der Waals surface area (Å²) in [7, 11) is 2.64. The van der Waals surface area contributed by atoms with Crippen molar-refractivity contribution >= 4 is 8.80 Å². The quantitative estimate of drug-likeness (QED) is 0.418. The molecule has 0 amide bonds. The standard InChI is InChI=1S/C14H33NO3Si/c1-14(19(16-2,17-3)18-4)12-10-8-6-5-7-9-11-13-15/h14H,5-13,15H2,1-4H3. The predicted molar refractivity (Wildman–Crippen MR) is 82.2 cm³/mol. The molecule has 116 valence electrons. The Morgan fingerprint density at radius 2 is 1.21 bits per heavy atom. The number of hydrogen-bond acceptors (Lipinski definition) is 4. The lowest BCUT2D eigenvalue weighted by Gasteiger charge is -2.30. The molecule has 0 aliphatic heterocycles. The molecule has 0 aromatic rings. The van der Waals surface area contributed by atoms with Gasteiger partial charge in [0.1, 0.15) is 0 Å². The third-order valence-electron chi connectivity index (χ3n) is 3.80. The fraction of sp³-hybridized carbons (Fsp3) is 1.00. The molecule has 0 aliphatic rings. The van der Waals surface area contributed by atoms with Crippen molar-refractivity contribution in [3.05, 3.63) is 0 Å². The fourth-order valence-electron chi connectivity index (χ4n) is 2.51. The van der Waals surface area contributed by atoms with Crippen molar-refractivity contribution in [1.82, 2.24) is 0 Å².